The maximum Gasteiger partial charge on any atom is 0.307 e. The molecule has 0 aliphatic heterocycles. The van der Waals surface area contributed by atoms with Crippen LogP contribution in [0.4, 0.5) is 4.39 Å². The maximum absolute atomic E-state index is 13.2. The van der Waals surface area contributed by atoms with Crippen LogP contribution in [0.2, 0.25) is 0 Å². The molecule has 4 heteroatoms. The van der Waals surface area contributed by atoms with E-state index in [1.54, 1.807) is 6.07 Å². The predicted molar refractivity (Wildman–Crippen MR) is 55.2 cm³/mol. The van der Waals surface area contributed by atoms with Gasteiger partial charge in [-0.3, -0.25) is 4.79 Å². The molecule has 2 nitrogen and oxygen atoms in total. The minimum absolute atomic E-state index is 0.120. The molecule has 0 spiro atoms. The number of rotatable bonds is 1. The summed E-state index contributed by atoms with van der Waals surface area (Å²) in [6.07, 6.45) is 0.690. The third-order valence-electron chi connectivity index (χ3n) is 3.48. The summed E-state index contributed by atoms with van der Waals surface area (Å²) in [7, 11) is 0. The van der Waals surface area contributed by atoms with E-state index in [-0.39, 0.29) is 23.6 Å². The minimum atomic E-state index is -0.726. The number of fused-ring (bicyclic) bond motifs is 3. The number of carboxylic acid groups (broad SMARTS) is 1. The van der Waals surface area contributed by atoms with Gasteiger partial charge in [-0.05, 0) is 45.5 Å². The molecule has 0 saturated heterocycles. The summed E-state index contributed by atoms with van der Waals surface area (Å²) >= 11 is 3.21. The summed E-state index contributed by atoms with van der Waals surface area (Å²) in [6, 6.07) is 3.13. The van der Waals surface area contributed by atoms with Gasteiger partial charge in [-0.1, -0.05) is 6.07 Å². The molecule has 0 bridgehead atoms. The zero-order valence-electron chi connectivity index (χ0n) is 7.71. The average molecular weight is 271 g/mol. The fourth-order valence-corrected chi connectivity index (χ4v) is 3.27. The van der Waals surface area contributed by atoms with Crippen LogP contribution in [0.25, 0.3) is 0 Å². The second-order valence-corrected chi connectivity index (χ2v) is 4.98. The minimum Gasteiger partial charge on any atom is -0.481 e. The molecule has 3 atom stereocenters. The first kappa shape index (κ1) is 9.33. The van der Waals surface area contributed by atoms with Gasteiger partial charge in [-0.15, -0.1) is 0 Å². The third kappa shape index (κ3) is 1.11. The summed E-state index contributed by atoms with van der Waals surface area (Å²) in [4.78, 5) is 10.9. The van der Waals surface area contributed by atoms with E-state index in [2.05, 4.69) is 15.9 Å². The highest BCUT2D eigenvalue weighted by Gasteiger charge is 2.60. The van der Waals surface area contributed by atoms with E-state index in [0.717, 1.165) is 11.1 Å². The molecule has 0 aromatic heterocycles. The van der Waals surface area contributed by atoms with Crippen LogP contribution in [0.1, 0.15) is 17.0 Å². The Labute approximate surface area is 94.2 Å². The lowest BCUT2D eigenvalue weighted by Gasteiger charge is -2.07. The average Bonchev–Trinajstić information content (AvgIpc) is 2.78. The quantitative estimate of drug-likeness (QED) is 0.852. The van der Waals surface area contributed by atoms with Crippen molar-refractivity contribution in [2.24, 2.45) is 11.8 Å². The van der Waals surface area contributed by atoms with E-state index in [9.17, 15) is 9.18 Å². The van der Waals surface area contributed by atoms with Gasteiger partial charge in [0.05, 0.1) is 10.4 Å². The molecule has 1 fully saturated rings. The summed E-state index contributed by atoms with van der Waals surface area (Å²) in [5, 5.41) is 8.92. The fourth-order valence-electron chi connectivity index (χ4n) is 2.75. The Kier molecular flexibility index (Phi) is 1.75. The second kappa shape index (κ2) is 2.82. The molecule has 15 heavy (non-hydrogen) atoms. The van der Waals surface area contributed by atoms with E-state index in [4.69, 9.17) is 5.11 Å². The van der Waals surface area contributed by atoms with Crippen molar-refractivity contribution in [2.75, 3.05) is 0 Å². The topological polar surface area (TPSA) is 37.3 Å². The summed E-state index contributed by atoms with van der Waals surface area (Å²) in [5.74, 6) is -0.919. The van der Waals surface area contributed by atoms with Crippen LogP contribution < -0.4 is 0 Å². The van der Waals surface area contributed by atoms with E-state index in [1.165, 1.54) is 6.07 Å². The van der Waals surface area contributed by atoms with Gasteiger partial charge in [0.15, 0.2) is 0 Å². The van der Waals surface area contributed by atoms with Crippen LogP contribution in [0.3, 0.4) is 0 Å². The fraction of sp³-hybridized carbons (Fsp3) is 0.364. The number of benzene rings is 1. The molecule has 0 amide bonds. The smallest absolute Gasteiger partial charge is 0.307 e. The van der Waals surface area contributed by atoms with Crippen molar-refractivity contribution < 1.29 is 14.3 Å². The molecule has 0 unspecified atom stereocenters. The molecule has 1 aromatic rings. The van der Waals surface area contributed by atoms with Gasteiger partial charge in [0.2, 0.25) is 0 Å². The van der Waals surface area contributed by atoms with Crippen LogP contribution in [0.5, 0.6) is 0 Å². The Hall–Kier alpha value is -0.900. The lowest BCUT2D eigenvalue weighted by molar-refractivity contribution is -0.139. The maximum atomic E-state index is 13.2. The number of hydrogen-bond donors (Lipinski definition) is 1. The highest BCUT2D eigenvalue weighted by Crippen LogP contribution is 2.62. The van der Waals surface area contributed by atoms with Crippen molar-refractivity contribution >= 4 is 21.9 Å². The molecular formula is C11H8BrFO2. The largest absolute Gasteiger partial charge is 0.481 e. The van der Waals surface area contributed by atoms with E-state index in [1.807, 2.05) is 0 Å². The van der Waals surface area contributed by atoms with Crippen LogP contribution in [-0.2, 0) is 11.2 Å². The lowest BCUT2D eigenvalue weighted by atomic mass is 10.0. The van der Waals surface area contributed by atoms with Gasteiger partial charge in [-0.25, -0.2) is 4.39 Å². The molecule has 1 aromatic carbocycles. The summed E-state index contributed by atoms with van der Waals surface area (Å²) in [6.45, 7) is 0. The SMILES string of the molecule is O=C(O)[C@@H]1[C@H]2Cc3c(ccc(F)c3Br)[C@H]21. The van der Waals surface area contributed by atoms with Crippen molar-refractivity contribution in [3.63, 3.8) is 0 Å². The lowest BCUT2D eigenvalue weighted by Crippen LogP contribution is -2.05. The van der Waals surface area contributed by atoms with Crippen LogP contribution in [0.15, 0.2) is 16.6 Å². The zero-order chi connectivity index (χ0) is 10.7. The van der Waals surface area contributed by atoms with Crippen LogP contribution in [0, 0.1) is 17.7 Å². The highest BCUT2D eigenvalue weighted by atomic mass is 79.9. The Bertz CT molecular complexity index is 472. The monoisotopic (exact) mass is 270 g/mol. The van der Waals surface area contributed by atoms with Crippen molar-refractivity contribution in [1.82, 2.24) is 0 Å². The Morgan fingerprint density at radius 3 is 2.93 bits per heavy atom. The Morgan fingerprint density at radius 1 is 1.53 bits per heavy atom. The number of halogens is 2. The van der Waals surface area contributed by atoms with Crippen LogP contribution >= 0.6 is 15.9 Å². The number of carboxylic acids is 1. The van der Waals surface area contributed by atoms with Gasteiger partial charge >= 0.3 is 5.97 Å². The first-order chi connectivity index (χ1) is 7.11. The third-order valence-corrected chi connectivity index (χ3v) is 4.34. The molecule has 0 heterocycles. The van der Waals surface area contributed by atoms with Crippen LogP contribution in [-0.4, -0.2) is 11.1 Å². The highest BCUT2D eigenvalue weighted by molar-refractivity contribution is 9.10. The van der Waals surface area contributed by atoms with E-state index in [0.29, 0.717) is 10.9 Å². The first-order valence-corrected chi connectivity index (χ1v) is 5.60. The molecule has 1 N–H and O–H groups in total. The second-order valence-electron chi connectivity index (χ2n) is 4.19. The Balaban J connectivity index is 2.04. The predicted octanol–water partition coefficient (Wildman–Crippen LogP) is 2.56. The van der Waals surface area contributed by atoms with Crippen molar-refractivity contribution in [3.8, 4) is 0 Å². The van der Waals surface area contributed by atoms with Crippen molar-refractivity contribution in [1.29, 1.82) is 0 Å². The summed E-state index contributed by atoms with van der Waals surface area (Å²) in [5.41, 5.74) is 1.98. The standard InChI is InChI=1S/C11H8BrFO2/c12-10-5-3-6-8(9(6)11(14)15)4(5)1-2-7(10)13/h1-2,6,8-9H,3H2,(H,14,15)/t6-,8+,9+/m0/s1. The molecule has 0 radical (unpaired) electrons. The van der Waals surface area contributed by atoms with Crippen molar-refractivity contribution in [2.45, 2.75) is 12.3 Å². The molecule has 3 rings (SSSR count). The Morgan fingerprint density at radius 2 is 2.27 bits per heavy atom. The molecule has 2 aliphatic rings. The van der Waals surface area contributed by atoms with Gasteiger partial charge in [-0.2, -0.15) is 0 Å². The normalized spacial score (nSPS) is 30.9. The first-order valence-electron chi connectivity index (χ1n) is 4.81. The number of carbonyl (C=O) groups is 1. The molecular weight excluding hydrogens is 263 g/mol. The molecule has 1 saturated carbocycles. The van der Waals surface area contributed by atoms with Gasteiger partial charge in [0, 0.05) is 5.92 Å². The van der Waals surface area contributed by atoms with E-state index >= 15 is 0 Å². The number of hydrogen-bond acceptors (Lipinski definition) is 1. The van der Waals surface area contributed by atoms with Gasteiger partial charge in [0.25, 0.3) is 0 Å². The molecule has 78 valence electrons. The van der Waals surface area contributed by atoms with Crippen molar-refractivity contribution in [3.05, 3.63) is 33.5 Å². The number of aliphatic carboxylic acids is 1. The van der Waals surface area contributed by atoms with E-state index < -0.39 is 5.97 Å². The van der Waals surface area contributed by atoms with Gasteiger partial charge < -0.3 is 5.11 Å². The van der Waals surface area contributed by atoms with Gasteiger partial charge in [0.1, 0.15) is 5.82 Å². The molecule has 2 aliphatic carbocycles. The summed E-state index contributed by atoms with van der Waals surface area (Å²) < 4.78 is 13.7. The zero-order valence-corrected chi connectivity index (χ0v) is 9.29.